The van der Waals surface area contributed by atoms with Crippen LogP contribution in [0.15, 0.2) is 133 Å². The van der Waals surface area contributed by atoms with Gasteiger partial charge in [-0.3, -0.25) is 0 Å². The summed E-state index contributed by atoms with van der Waals surface area (Å²) in [6.45, 7) is 25.9. The third-order valence-electron chi connectivity index (χ3n) is 12.8. The van der Waals surface area contributed by atoms with Crippen LogP contribution in [0, 0.1) is 45.6 Å². The van der Waals surface area contributed by atoms with Gasteiger partial charge in [-0.05, 0) is 179 Å². The van der Waals surface area contributed by atoms with Gasteiger partial charge in [0.25, 0.3) is 0 Å². The maximum absolute atomic E-state index is 9.56. The number of nitriles is 1. The minimum atomic E-state index is -0.248. The van der Waals surface area contributed by atoms with Crippen molar-refractivity contribution < 1.29 is 0 Å². The largest absolute Gasteiger partial charge is 0.310 e. The Morgan fingerprint density at radius 2 is 0.897 bits per heavy atom. The molecule has 0 aromatic heterocycles. The van der Waals surface area contributed by atoms with Crippen LogP contribution in [0.4, 0.5) is 39.8 Å². The predicted molar refractivity (Wildman–Crippen MR) is 241 cm³/mol. The van der Waals surface area contributed by atoms with Crippen LogP contribution in [0.5, 0.6) is 0 Å². The van der Waals surface area contributed by atoms with Gasteiger partial charge in [0.05, 0.1) is 18.2 Å². The normalized spacial score (nSPS) is 13.8. The van der Waals surface area contributed by atoms with Crippen LogP contribution < -0.4 is 9.80 Å². The molecule has 0 saturated carbocycles. The molecular weight excluding hydrogens is 705 g/mol. The van der Waals surface area contributed by atoms with Gasteiger partial charge >= 0.3 is 0 Å². The molecule has 0 radical (unpaired) electrons. The molecule has 0 bridgehead atoms. The molecule has 9 rings (SSSR count). The van der Waals surface area contributed by atoms with E-state index in [9.17, 15) is 5.26 Å². The molecule has 0 N–H and O–H groups in total. The van der Waals surface area contributed by atoms with E-state index in [1.807, 2.05) is 24.3 Å². The summed E-state index contributed by atoms with van der Waals surface area (Å²) in [7, 11) is 0. The van der Waals surface area contributed by atoms with Crippen molar-refractivity contribution in [2.24, 2.45) is 0 Å². The lowest BCUT2D eigenvalue weighted by molar-refractivity contribution is 0.652. The van der Waals surface area contributed by atoms with Gasteiger partial charge in [0.15, 0.2) is 5.69 Å². The van der Waals surface area contributed by atoms with Gasteiger partial charge in [-0.25, -0.2) is 4.85 Å². The van der Waals surface area contributed by atoms with E-state index in [0.717, 1.165) is 34.1 Å². The molecular formula is C54H46N4. The van der Waals surface area contributed by atoms with E-state index in [-0.39, 0.29) is 10.8 Å². The quantitative estimate of drug-likeness (QED) is 0.159. The zero-order valence-electron chi connectivity index (χ0n) is 34.5. The van der Waals surface area contributed by atoms with Crippen LogP contribution >= 0.6 is 0 Å². The molecule has 4 heteroatoms. The van der Waals surface area contributed by atoms with Crippen molar-refractivity contribution in [2.75, 3.05) is 9.80 Å². The Balaban J connectivity index is 1.18. The lowest BCUT2D eigenvalue weighted by atomic mass is 9.79. The van der Waals surface area contributed by atoms with E-state index in [2.05, 4.69) is 185 Å². The summed E-state index contributed by atoms with van der Waals surface area (Å²) < 4.78 is 0. The van der Waals surface area contributed by atoms with Gasteiger partial charge in [0.1, 0.15) is 0 Å². The maximum Gasteiger partial charge on any atom is 0.187 e. The van der Waals surface area contributed by atoms with E-state index in [1.165, 1.54) is 66.8 Å². The SMILES string of the molecule is [C-]#[N+]c1ccc(N(c2cc(C)c3c(c2)C(C)(C)c2cc4c(cc2-3)C(C)(C)c2cc(N(c3ccc(C#N)cc3)c3ccccc3C)cc(C)c2-4)c2ccccc2C)cc1. The second-order valence-corrected chi connectivity index (χ2v) is 17.1. The van der Waals surface area contributed by atoms with Crippen molar-refractivity contribution in [3.05, 3.63) is 195 Å². The van der Waals surface area contributed by atoms with E-state index in [0.29, 0.717) is 11.3 Å². The smallest absolute Gasteiger partial charge is 0.187 e. The number of nitrogens with zero attached hydrogens (tertiary/aromatic N) is 4. The summed E-state index contributed by atoms with van der Waals surface area (Å²) in [6.07, 6.45) is 0. The van der Waals surface area contributed by atoms with Crippen molar-refractivity contribution in [2.45, 2.75) is 66.2 Å². The minimum Gasteiger partial charge on any atom is -0.310 e. The number of benzene rings is 7. The first kappa shape index (κ1) is 36.7. The summed E-state index contributed by atoms with van der Waals surface area (Å²) in [6, 6.07) is 49.7. The zero-order chi connectivity index (χ0) is 40.7. The van der Waals surface area contributed by atoms with Crippen molar-refractivity contribution in [1.29, 1.82) is 5.26 Å². The number of fused-ring (bicyclic) bond motifs is 6. The fourth-order valence-electron chi connectivity index (χ4n) is 9.68. The molecule has 0 heterocycles. The number of aryl methyl sites for hydroxylation is 4. The summed E-state index contributed by atoms with van der Waals surface area (Å²) in [4.78, 5) is 8.34. The van der Waals surface area contributed by atoms with Crippen LogP contribution in [0.3, 0.4) is 0 Å². The Bertz CT molecular complexity index is 2700. The maximum atomic E-state index is 9.56. The Labute approximate surface area is 343 Å². The van der Waals surface area contributed by atoms with Crippen LogP contribution in [0.25, 0.3) is 27.1 Å². The van der Waals surface area contributed by atoms with Gasteiger partial charge in [0, 0.05) is 45.0 Å². The van der Waals surface area contributed by atoms with Crippen LogP contribution in [0.2, 0.25) is 0 Å². The van der Waals surface area contributed by atoms with E-state index < -0.39 is 0 Å². The second-order valence-electron chi connectivity index (χ2n) is 17.1. The highest BCUT2D eigenvalue weighted by molar-refractivity contribution is 5.94. The topological polar surface area (TPSA) is 34.6 Å². The first-order valence-electron chi connectivity index (χ1n) is 20.0. The monoisotopic (exact) mass is 750 g/mol. The minimum absolute atomic E-state index is 0.246. The van der Waals surface area contributed by atoms with Gasteiger partial charge in [-0.1, -0.05) is 76.2 Å². The molecule has 58 heavy (non-hydrogen) atoms. The number of rotatable bonds is 6. The number of hydrogen-bond donors (Lipinski definition) is 0. The Kier molecular flexibility index (Phi) is 8.47. The standard InChI is InChI=1S/C54H46N4/c1-33-14-10-12-16-49(33)57(39-22-18-37(32-55)19-23-39)41-26-35(3)51-43-30-46-44(31-45(43)53(5,6)47(51)28-41)52-36(4)27-42(29-48(52)54(46,7)8)58(50-17-13-11-15-34(50)2)40-24-20-38(56-9)21-25-40/h10-31H,1-8H3. The van der Waals surface area contributed by atoms with Crippen LogP contribution in [0.1, 0.15) is 77.8 Å². The van der Waals surface area contributed by atoms with E-state index >= 15 is 0 Å². The molecule has 0 unspecified atom stereocenters. The lowest BCUT2D eigenvalue weighted by Gasteiger charge is -2.30. The third-order valence-corrected chi connectivity index (χ3v) is 12.8. The van der Waals surface area contributed by atoms with E-state index in [1.54, 1.807) is 0 Å². The molecule has 0 fully saturated rings. The van der Waals surface area contributed by atoms with Gasteiger partial charge in [0.2, 0.25) is 0 Å². The van der Waals surface area contributed by atoms with Crippen LogP contribution in [-0.4, -0.2) is 0 Å². The number of hydrogen-bond acceptors (Lipinski definition) is 3. The second kappa shape index (κ2) is 13.4. The summed E-state index contributed by atoms with van der Waals surface area (Å²) >= 11 is 0. The summed E-state index contributed by atoms with van der Waals surface area (Å²) in [5.41, 5.74) is 22.9. The fraction of sp³-hybridized carbons (Fsp3) is 0.185. The molecule has 7 aromatic rings. The molecule has 0 saturated heterocycles. The van der Waals surface area contributed by atoms with Gasteiger partial charge < -0.3 is 9.80 Å². The first-order valence-corrected chi connectivity index (χ1v) is 20.0. The molecule has 0 atom stereocenters. The van der Waals surface area contributed by atoms with Gasteiger partial charge in [-0.15, -0.1) is 0 Å². The molecule has 2 aliphatic rings. The van der Waals surface area contributed by atoms with Crippen molar-refractivity contribution in [1.82, 2.24) is 0 Å². The zero-order valence-corrected chi connectivity index (χ0v) is 34.5. The summed E-state index contributed by atoms with van der Waals surface area (Å²) in [5, 5.41) is 9.56. The fourth-order valence-corrected chi connectivity index (χ4v) is 9.68. The molecule has 0 amide bonds. The molecule has 282 valence electrons. The van der Waals surface area contributed by atoms with Crippen molar-refractivity contribution in [3.8, 4) is 28.3 Å². The highest BCUT2D eigenvalue weighted by Gasteiger charge is 2.43. The average molecular weight is 751 g/mol. The number of para-hydroxylation sites is 2. The molecule has 2 aliphatic carbocycles. The molecule has 0 spiro atoms. The van der Waals surface area contributed by atoms with Crippen molar-refractivity contribution in [3.63, 3.8) is 0 Å². The Hall–Kier alpha value is -6.88. The summed E-state index contributed by atoms with van der Waals surface area (Å²) in [5.74, 6) is 0. The third kappa shape index (κ3) is 5.55. The molecule has 0 aliphatic heterocycles. The van der Waals surface area contributed by atoms with Crippen molar-refractivity contribution >= 4 is 39.8 Å². The Morgan fingerprint density at radius 3 is 1.29 bits per heavy atom. The van der Waals surface area contributed by atoms with Crippen LogP contribution in [-0.2, 0) is 10.8 Å². The highest BCUT2D eigenvalue weighted by atomic mass is 15.1. The highest BCUT2D eigenvalue weighted by Crippen LogP contribution is 2.59. The number of anilines is 6. The first-order chi connectivity index (χ1) is 27.8. The average Bonchev–Trinajstić information content (AvgIpc) is 3.58. The van der Waals surface area contributed by atoms with Gasteiger partial charge in [-0.2, -0.15) is 5.26 Å². The molecule has 4 nitrogen and oxygen atoms in total. The van der Waals surface area contributed by atoms with E-state index in [4.69, 9.17) is 6.57 Å². The Morgan fingerprint density at radius 1 is 0.483 bits per heavy atom. The lowest BCUT2D eigenvalue weighted by Crippen LogP contribution is -2.18. The molecule has 7 aromatic carbocycles. The predicted octanol–water partition coefficient (Wildman–Crippen LogP) is 14.9.